The van der Waals surface area contributed by atoms with Crippen LogP contribution in [0.4, 0.5) is 0 Å². The van der Waals surface area contributed by atoms with Crippen LogP contribution in [0.1, 0.15) is 52.9 Å². The van der Waals surface area contributed by atoms with Gasteiger partial charge in [-0.1, -0.05) is 26.8 Å². The van der Waals surface area contributed by atoms with Gasteiger partial charge < -0.3 is 15.3 Å². The first-order valence-corrected chi connectivity index (χ1v) is 10.4. The van der Waals surface area contributed by atoms with Gasteiger partial charge in [0.15, 0.2) is 11.6 Å². The van der Waals surface area contributed by atoms with Crippen LogP contribution in [-0.2, 0) is 9.59 Å². The molecule has 5 nitrogen and oxygen atoms in total. The van der Waals surface area contributed by atoms with Gasteiger partial charge in [0.05, 0.1) is 6.10 Å². The Balaban J connectivity index is 1.76. The van der Waals surface area contributed by atoms with E-state index in [1.807, 2.05) is 19.9 Å². The van der Waals surface area contributed by atoms with Crippen LogP contribution in [-0.4, -0.2) is 45.2 Å². The number of ketones is 2. The summed E-state index contributed by atoms with van der Waals surface area (Å²) in [5, 5.41) is 32.2. The van der Waals surface area contributed by atoms with Crippen molar-refractivity contribution in [3.63, 3.8) is 0 Å². The molecule has 4 rings (SSSR count). The molecule has 4 aliphatic carbocycles. The summed E-state index contributed by atoms with van der Waals surface area (Å²) in [7, 11) is 0. The second-order valence-corrected chi connectivity index (χ2v) is 10.1. The smallest absolute Gasteiger partial charge is 0.190 e. The lowest BCUT2D eigenvalue weighted by Gasteiger charge is -2.61. The summed E-state index contributed by atoms with van der Waals surface area (Å²) in [5.41, 5.74) is -2.54. The lowest BCUT2D eigenvalue weighted by atomic mass is 9.44. The lowest BCUT2D eigenvalue weighted by Crippen LogP contribution is -2.63. The van der Waals surface area contributed by atoms with Crippen LogP contribution in [0.3, 0.4) is 0 Å². The summed E-state index contributed by atoms with van der Waals surface area (Å²) >= 11 is 0. The maximum absolute atomic E-state index is 12.6. The molecule has 0 radical (unpaired) electrons. The number of hydrogen-bond donors (Lipinski definition) is 3. The van der Waals surface area contributed by atoms with Crippen molar-refractivity contribution >= 4 is 11.6 Å². The molecule has 0 amide bonds. The summed E-state index contributed by atoms with van der Waals surface area (Å²) in [5.74, 6) is 0.0415. The third-order valence-electron chi connectivity index (χ3n) is 9.13. The van der Waals surface area contributed by atoms with E-state index in [-0.39, 0.29) is 40.8 Å². The molecule has 0 aromatic carbocycles. The fourth-order valence-corrected chi connectivity index (χ4v) is 7.81. The van der Waals surface area contributed by atoms with E-state index in [0.29, 0.717) is 12.8 Å². The third kappa shape index (κ3) is 2.28. The van der Waals surface area contributed by atoms with Crippen molar-refractivity contribution in [2.45, 2.75) is 64.6 Å². The molecule has 4 aliphatic rings. The van der Waals surface area contributed by atoms with Crippen LogP contribution in [0.5, 0.6) is 0 Å². The Hall–Kier alpha value is -1.04. The number of aliphatic hydroxyl groups excluding tert-OH is 2. The highest BCUT2D eigenvalue weighted by Crippen LogP contribution is 2.68. The number of Topliss-reactive ketones (excluding diaryl/α,β-unsaturated/α-hetero) is 1. The van der Waals surface area contributed by atoms with Gasteiger partial charge in [-0.3, -0.25) is 9.59 Å². The van der Waals surface area contributed by atoms with Crippen molar-refractivity contribution in [1.82, 2.24) is 0 Å². The van der Waals surface area contributed by atoms with Gasteiger partial charge in [-0.05, 0) is 66.8 Å². The Bertz CT molecular complexity index is 701. The largest absolute Gasteiger partial charge is 0.393 e. The average Bonchev–Trinajstić information content (AvgIpc) is 2.82. The number of allylic oxidation sites excluding steroid dienone is 2. The summed E-state index contributed by atoms with van der Waals surface area (Å²) in [6.45, 7) is 5.33. The molecule has 27 heavy (non-hydrogen) atoms. The zero-order valence-corrected chi connectivity index (χ0v) is 16.5. The summed E-state index contributed by atoms with van der Waals surface area (Å²) in [4.78, 5) is 24.5. The van der Waals surface area contributed by atoms with Gasteiger partial charge in [0.2, 0.25) is 0 Å². The second-order valence-electron chi connectivity index (χ2n) is 10.1. The number of carbonyl (C=O) groups is 2. The van der Waals surface area contributed by atoms with E-state index in [9.17, 15) is 24.9 Å². The quantitative estimate of drug-likeness (QED) is 0.684. The van der Waals surface area contributed by atoms with E-state index < -0.39 is 29.5 Å². The lowest BCUT2D eigenvalue weighted by molar-refractivity contribution is -0.192. The number of carbonyl (C=O) groups excluding carboxylic acids is 2. The van der Waals surface area contributed by atoms with Crippen molar-refractivity contribution in [2.24, 2.45) is 40.4 Å². The second kappa shape index (κ2) is 5.98. The maximum Gasteiger partial charge on any atom is 0.190 e. The summed E-state index contributed by atoms with van der Waals surface area (Å²) in [6, 6.07) is 0. The van der Waals surface area contributed by atoms with Gasteiger partial charge in [0, 0.05) is 11.8 Å². The van der Waals surface area contributed by atoms with Crippen LogP contribution < -0.4 is 0 Å². The molecular formula is C22H32O5. The average molecular weight is 376 g/mol. The van der Waals surface area contributed by atoms with E-state index in [0.717, 1.165) is 19.3 Å². The van der Waals surface area contributed by atoms with E-state index in [1.165, 1.54) is 0 Å². The minimum absolute atomic E-state index is 0.0393. The SMILES string of the molecule is C[C@@H]1CC2C3CCC4CC(=O)C=CC4(C)C3[C@@H](O)CC2(C)[C@@]1(O)C(=O)CO. The van der Waals surface area contributed by atoms with E-state index in [1.54, 1.807) is 6.08 Å². The maximum atomic E-state index is 12.6. The Kier molecular flexibility index (Phi) is 4.27. The van der Waals surface area contributed by atoms with E-state index in [4.69, 9.17) is 0 Å². The summed E-state index contributed by atoms with van der Waals surface area (Å²) < 4.78 is 0. The van der Waals surface area contributed by atoms with Crippen molar-refractivity contribution in [1.29, 1.82) is 0 Å². The molecule has 0 saturated heterocycles. The highest BCUT2D eigenvalue weighted by Gasteiger charge is 2.70. The van der Waals surface area contributed by atoms with E-state index >= 15 is 0 Å². The Labute approximate surface area is 160 Å². The third-order valence-corrected chi connectivity index (χ3v) is 9.13. The molecule has 3 saturated carbocycles. The minimum atomic E-state index is -1.59. The first kappa shape index (κ1) is 19.3. The number of rotatable bonds is 2. The molecule has 6 unspecified atom stereocenters. The van der Waals surface area contributed by atoms with Crippen molar-refractivity contribution in [2.75, 3.05) is 6.61 Å². The molecule has 0 heterocycles. The van der Waals surface area contributed by atoms with E-state index in [2.05, 4.69) is 6.92 Å². The fourth-order valence-electron chi connectivity index (χ4n) is 7.81. The Morgan fingerprint density at radius 3 is 2.67 bits per heavy atom. The molecule has 5 heteroatoms. The molecule has 3 fully saturated rings. The van der Waals surface area contributed by atoms with Gasteiger partial charge >= 0.3 is 0 Å². The highest BCUT2D eigenvalue weighted by atomic mass is 16.3. The zero-order valence-electron chi connectivity index (χ0n) is 16.5. The Morgan fingerprint density at radius 1 is 1.30 bits per heavy atom. The molecule has 0 aromatic rings. The van der Waals surface area contributed by atoms with Crippen molar-refractivity contribution in [3.8, 4) is 0 Å². The van der Waals surface area contributed by atoms with Gasteiger partial charge in [0.1, 0.15) is 12.2 Å². The molecule has 0 spiro atoms. The monoisotopic (exact) mass is 376 g/mol. The first-order chi connectivity index (χ1) is 12.6. The Morgan fingerprint density at radius 2 is 2.00 bits per heavy atom. The van der Waals surface area contributed by atoms with Crippen LogP contribution in [0, 0.1) is 40.4 Å². The minimum Gasteiger partial charge on any atom is -0.393 e. The first-order valence-electron chi connectivity index (χ1n) is 10.4. The topological polar surface area (TPSA) is 94.8 Å². The molecule has 3 N–H and O–H groups in total. The van der Waals surface area contributed by atoms with Crippen LogP contribution >= 0.6 is 0 Å². The van der Waals surface area contributed by atoms with Crippen molar-refractivity contribution in [3.05, 3.63) is 12.2 Å². The zero-order chi connectivity index (χ0) is 19.8. The van der Waals surface area contributed by atoms with Crippen LogP contribution in [0.2, 0.25) is 0 Å². The number of aliphatic hydroxyl groups is 3. The standard InChI is InChI=1S/C22H32O5/c1-12-8-16-15-5-4-13-9-14(24)6-7-20(13,2)19(15)17(25)10-21(16,3)22(12,27)18(26)11-23/h6-7,12-13,15-17,19,23,25,27H,4-5,8-11H2,1-3H3/t12-,13?,15?,16?,17+,19?,20?,21?,22+/m1/s1. The van der Waals surface area contributed by atoms with Crippen molar-refractivity contribution < 1.29 is 24.9 Å². The van der Waals surface area contributed by atoms with Gasteiger partial charge in [0.25, 0.3) is 0 Å². The molecule has 0 bridgehead atoms. The summed E-state index contributed by atoms with van der Waals surface area (Å²) in [6.07, 6.45) is 6.57. The predicted molar refractivity (Wildman–Crippen MR) is 99.6 cm³/mol. The molecule has 9 atom stereocenters. The predicted octanol–water partition coefficient (Wildman–Crippen LogP) is 1.88. The normalized spacial score (nSPS) is 54.2. The number of fused-ring (bicyclic) bond motifs is 5. The molecule has 0 aliphatic heterocycles. The molecular weight excluding hydrogens is 344 g/mol. The number of hydrogen-bond acceptors (Lipinski definition) is 5. The van der Waals surface area contributed by atoms with Gasteiger partial charge in [-0.15, -0.1) is 0 Å². The van der Waals surface area contributed by atoms with Crippen LogP contribution in [0.15, 0.2) is 12.2 Å². The van der Waals surface area contributed by atoms with Gasteiger partial charge in [-0.25, -0.2) is 0 Å². The highest BCUT2D eigenvalue weighted by molar-refractivity contribution is 5.91. The van der Waals surface area contributed by atoms with Crippen LogP contribution in [0.25, 0.3) is 0 Å². The molecule has 150 valence electrons. The molecule has 0 aromatic heterocycles. The fraction of sp³-hybridized carbons (Fsp3) is 0.818. The van der Waals surface area contributed by atoms with Gasteiger partial charge in [-0.2, -0.15) is 0 Å².